The molecule has 1 atom stereocenters. The number of hydrogen-bond acceptors (Lipinski definition) is 10. The third-order valence-corrected chi connectivity index (χ3v) is 6.31. The fourth-order valence-corrected chi connectivity index (χ4v) is 4.47. The van der Waals surface area contributed by atoms with Crippen molar-refractivity contribution in [3.8, 4) is 28.6 Å². The highest BCUT2D eigenvalue weighted by Crippen LogP contribution is 2.42. The number of hydrogen-bond donors (Lipinski definition) is 1. The molecule has 0 spiro atoms. The SMILES string of the molecule is CCOc1cc([C@@H]2Nc3ccccc3-c3nnc(SCc4ccccc4)nc3O2)cc([N+](=O)[O-])c1[O-]. The third-order valence-electron chi connectivity index (χ3n) is 5.40. The zero-order chi connectivity index (χ0) is 25.1. The zero-order valence-electron chi connectivity index (χ0n) is 19.1. The first-order valence-corrected chi connectivity index (χ1v) is 12.1. The van der Waals surface area contributed by atoms with Gasteiger partial charge in [0.2, 0.25) is 11.0 Å². The van der Waals surface area contributed by atoms with Crippen LogP contribution >= 0.6 is 11.8 Å². The molecule has 36 heavy (non-hydrogen) atoms. The first-order chi connectivity index (χ1) is 17.5. The molecule has 0 fully saturated rings. The largest absolute Gasteiger partial charge is 0.865 e. The van der Waals surface area contributed by atoms with Gasteiger partial charge in [-0.3, -0.25) is 10.1 Å². The fourth-order valence-electron chi connectivity index (χ4n) is 3.74. The molecule has 0 unspecified atom stereocenters. The van der Waals surface area contributed by atoms with E-state index in [9.17, 15) is 15.2 Å². The predicted octanol–water partition coefficient (Wildman–Crippen LogP) is 4.71. The first kappa shape index (κ1) is 23.4. The average molecular weight is 503 g/mol. The number of nitrogens with one attached hydrogen (secondary N) is 1. The van der Waals surface area contributed by atoms with Crippen LogP contribution in [0.2, 0.25) is 0 Å². The van der Waals surface area contributed by atoms with Crippen LogP contribution in [0.3, 0.4) is 0 Å². The van der Waals surface area contributed by atoms with E-state index in [1.165, 1.54) is 23.9 Å². The molecule has 4 aromatic rings. The van der Waals surface area contributed by atoms with Gasteiger partial charge in [0.05, 0.1) is 11.5 Å². The molecule has 5 rings (SSSR count). The number of ether oxygens (including phenoxy) is 2. The number of fused-ring (bicyclic) bond motifs is 3. The number of rotatable bonds is 7. The van der Waals surface area contributed by atoms with Crippen molar-refractivity contribution in [2.45, 2.75) is 24.1 Å². The molecule has 10 nitrogen and oxygen atoms in total. The highest BCUT2D eigenvalue weighted by Gasteiger charge is 2.28. The summed E-state index contributed by atoms with van der Waals surface area (Å²) in [4.78, 5) is 15.4. The Balaban J connectivity index is 1.54. The van der Waals surface area contributed by atoms with Crippen molar-refractivity contribution in [3.63, 3.8) is 0 Å². The molecule has 0 amide bonds. The second kappa shape index (κ2) is 10.1. The van der Waals surface area contributed by atoms with E-state index in [-0.39, 0.29) is 18.2 Å². The maximum atomic E-state index is 12.5. The standard InChI is InChI=1S/C25H21N5O5S/c1-2-34-20-13-16(12-19(22(20)31)30(32)33)23-26-18-11-7-6-10-17(18)21-24(35-23)27-25(29-28-21)36-14-15-8-4-3-5-9-15/h3-13,23,26,31H,2,14H2,1H3/p-1/t23-/m1/s1. The molecule has 0 saturated heterocycles. The molecular formula is C25H20N5O5S-. The minimum atomic E-state index is -0.908. The van der Waals surface area contributed by atoms with E-state index in [0.717, 1.165) is 11.1 Å². The maximum absolute atomic E-state index is 12.5. The van der Waals surface area contributed by atoms with Crippen LogP contribution < -0.4 is 19.9 Å². The van der Waals surface area contributed by atoms with Crippen LogP contribution in [0.15, 0.2) is 71.9 Å². The lowest BCUT2D eigenvalue weighted by Gasteiger charge is -2.22. The number of para-hydroxylation sites is 1. The Hall–Kier alpha value is -4.38. The van der Waals surface area contributed by atoms with E-state index in [4.69, 9.17) is 9.47 Å². The topological polar surface area (TPSA) is 135 Å². The molecule has 0 radical (unpaired) electrons. The van der Waals surface area contributed by atoms with Crippen molar-refractivity contribution >= 4 is 23.1 Å². The van der Waals surface area contributed by atoms with Crippen LogP contribution in [0.5, 0.6) is 17.4 Å². The van der Waals surface area contributed by atoms with Crippen molar-refractivity contribution < 1.29 is 19.5 Å². The van der Waals surface area contributed by atoms with E-state index in [1.807, 2.05) is 54.6 Å². The van der Waals surface area contributed by atoms with Crippen LogP contribution in [0.1, 0.15) is 24.3 Å². The normalized spacial score (nSPS) is 14.0. The molecule has 182 valence electrons. The van der Waals surface area contributed by atoms with Crippen LogP contribution in [0.4, 0.5) is 11.4 Å². The van der Waals surface area contributed by atoms with Crippen molar-refractivity contribution in [1.82, 2.24) is 15.2 Å². The zero-order valence-corrected chi connectivity index (χ0v) is 19.9. The lowest BCUT2D eigenvalue weighted by Crippen LogP contribution is -2.18. The predicted molar refractivity (Wildman–Crippen MR) is 132 cm³/mol. The monoisotopic (exact) mass is 502 g/mol. The number of thioether (sulfide) groups is 1. The van der Waals surface area contributed by atoms with E-state index in [1.54, 1.807) is 6.92 Å². The Bertz CT molecular complexity index is 1420. The molecule has 0 aliphatic carbocycles. The summed E-state index contributed by atoms with van der Waals surface area (Å²) in [6, 6.07) is 19.9. The summed E-state index contributed by atoms with van der Waals surface area (Å²) in [6.07, 6.45) is -0.908. The number of benzene rings is 3. The lowest BCUT2D eigenvalue weighted by atomic mass is 10.1. The van der Waals surface area contributed by atoms with Crippen molar-refractivity contribution in [2.24, 2.45) is 0 Å². The smallest absolute Gasteiger partial charge is 0.265 e. The summed E-state index contributed by atoms with van der Waals surface area (Å²) in [5, 5.41) is 36.4. The summed E-state index contributed by atoms with van der Waals surface area (Å²) in [7, 11) is 0. The van der Waals surface area contributed by atoms with Gasteiger partial charge in [-0.05, 0) is 24.6 Å². The highest BCUT2D eigenvalue weighted by molar-refractivity contribution is 7.98. The van der Waals surface area contributed by atoms with Crippen LogP contribution in [-0.4, -0.2) is 26.7 Å². The summed E-state index contributed by atoms with van der Waals surface area (Å²) < 4.78 is 11.6. The van der Waals surface area contributed by atoms with E-state index < -0.39 is 22.6 Å². The van der Waals surface area contributed by atoms with Gasteiger partial charge in [-0.25, -0.2) is 0 Å². The van der Waals surface area contributed by atoms with Gasteiger partial charge >= 0.3 is 0 Å². The van der Waals surface area contributed by atoms with Gasteiger partial charge in [0.25, 0.3) is 5.69 Å². The summed E-state index contributed by atoms with van der Waals surface area (Å²) >= 11 is 1.41. The number of nitrogens with zero attached hydrogens (tertiary/aromatic N) is 4. The third kappa shape index (κ3) is 4.73. The van der Waals surface area contributed by atoms with Gasteiger partial charge in [-0.15, -0.1) is 10.2 Å². The van der Waals surface area contributed by atoms with Gasteiger partial charge < -0.3 is 19.9 Å². The van der Waals surface area contributed by atoms with Gasteiger partial charge in [0, 0.05) is 34.4 Å². The summed E-state index contributed by atoms with van der Waals surface area (Å²) in [5.41, 5.74) is 2.68. The number of aromatic nitrogens is 3. The molecule has 0 saturated carbocycles. The fraction of sp³-hybridized carbons (Fsp3) is 0.160. The minimum Gasteiger partial charge on any atom is -0.865 e. The van der Waals surface area contributed by atoms with Gasteiger partial charge in [-0.2, -0.15) is 4.98 Å². The van der Waals surface area contributed by atoms with Crippen LogP contribution in [0.25, 0.3) is 11.3 Å². The Morgan fingerprint density at radius 2 is 1.89 bits per heavy atom. The highest BCUT2D eigenvalue weighted by atomic mass is 32.2. The number of anilines is 1. The van der Waals surface area contributed by atoms with Crippen molar-refractivity contribution in [3.05, 3.63) is 88.0 Å². The second-order valence-corrected chi connectivity index (χ2v) is 8.71. The van der Waals surface area contributed by atoms with E-state index >= 15 is 0 Å². The molecule has 1 aliphatic rings. The van der Waals surface area contributed by atoms with Crippen molar-refractivity contribution in [2.75, 3.05) is 11.9 Å². The van der Waals surface area contributed by atoms with Gasteiger partial charge in [0.1, 0.15) is 5.75 Å². The maximum Gasteiger partial charge on any atom is 0.265 e. The summed E-state index contributed by atoms with van der Waals surface area (Å²) in [5.74, 6) is -0.0442. The van der Waals surface area contributed by atoms with Crippen LogP contribution in [0, 0.1) is 10.1 Å². The molecule has 3 aromatic carbocycles. The minimum absolute atomic E-state index is 0.121. The van der Waals surface area contributed by atoms with Gasteiger partial charge in [-0.1, -0.05) is 60.3 Å². The first-order valence-electron chi connectivity index (χ1n) is 11.1. The molecule has 0 bridgehead atoms. The second-order valence-electron chi connectivity index (χ2n) is 7.77. The number of nitro groups is 1. The molecule has 1 aliphatic heterocycles. The number of nitro benzene ring substituents is 1. The lowest BCUT2D eigenvalue weighted by molar-refractivity contribution is -0.398. The quantitative estimate of drug-likeness (QED) is 0.215. The molecule has 2 heterocycles. The molecule has 11 heteroatoms. The Morgan fingerprint density at radius 1 is 1.11 bits per heavy atom. The van der Waals surface area contributed by atoms with Crippen molar-refractivity contribution in [1.29, 1.82) is 0 Å². The van der Waals surface area contributed by atoms with E-state index in [0.29, 0.717) is 27.9 Å². The Kier molecular flexibility index (Phi) is 6.54. The Morgan fingerprint density at radius 3 is 2.67 bits per heavy atom. The van der Waals surface area contributed by atoms with E-state index in [2.05, 4.69) is 20.5 Å². The molecule has 1 N–H and O–H groups in total. The molecule has 1 aromatic heterocycles. The summed E-state index contributed by atoms with van der Waals surface area (Å²) in [6.45, 7) is 1.88. The van der Waals surface area contributed by atoms with Gasteiger partial charge in [0.15, 0.2) is 11.9 Å². The Labute approximate surface area is 210 Å². The molecular weight excluding hydrogens is 482 g/mol. The van der Waals surface area contributed by atoms with Crippen LogP contribution in [-0.2, 0) is 5.75 Å². The average Bonchev–Trinajstić information content (AvgIpc) is 3.06.